The molecule has 0 fully saturated rings. The molecular weight excluding hydrogens is 367 g/mol. The number of amides is 1. The van der Waals surface area contributed by atoms with Crippen LogP contribution in [0.25, 0.3) is 0 Å². The summed E-state index contributed by atoms with van der Waals surface area (Å²) in [7, 11) is 0. The van der Waals surface area contributed by atoms with Crippen molar-refractivity contribution in [2.45, 2.75) is 25.1 Å². The lowest BCUT2D eigenvalue weighted by Gasteiger charge is -2.14. The summed E-state index contributed by atoms with van der Waals surface area (Å²) in [6, 6.07) is 3.13. The van der Waals surface area contributed by atoms with Crippen molar-refractivity contribution < 1.29 is 27.9 Å². The molecule has 0 heterocycles. The van der Waals surface area contributed by atoms with Crippen LogP contribution in [-0.4, -0.2) is 23.0 Å². The molecule has 1 amide bonds. The highest BCUT2D eigenvalue weighted by molar-refractivity contribution is 9.11. The Bertz CT molecular complexity index is 587. The van der Waals surface area contributed by atoms with Crippen molar-refractivity contribution in [1.82, 2.24) is 5.32 Å². The number of carbonyl (C=O) groups excluding carboxylic acids is 1. The lowest BCUT2D eigenvalue weighted by Crippen LogP contribution is -2.41. The van der Waals surface area contributed by atoms with E-state index in [-0.39, 0.29) is 18.4 Å². The monoisotopic (exact) mass is 379 g/mol. The molecule has 4 nitrogen and oxygen atoms in total. The molecule has 22 heavy (non-hydrogen) atoms. The molecule has 2 N–H and O–H groups in total. The van der Waals surface area contributed by atoms with Crippen LogP contribution in [0.15, 0.2) is 35.3 Å². The number of halogens is 4. The van der Waals surface area contributed by atoms with Gasteiger partial charge in [0.2, 0.25) is 5.91 Å². The van der Waals surface area contributed by atoms with Gasteiger partial charge in [0.15, 0.2) is 0 Å². The van der Waals surface area contributed by atoms with Crippen LogP contribution < -0.4 is 5.32 Å². The predicted octanol–water partition coefficient (Wildman–Crippen LogP) is 3.12. The van der Waals surface area contributed by atoms with Crippen LogP contribution in [-0.2, 0) is 22.2 Å². The summed E-state index contributed by atoms with van der Waals surface area (Å²) in [5.41, 5.74) is -0.712. The first kappa shape index (κ1) is 18.2. The van der Waals surface area contributed by atoms with Crippen LogP contribution in [0.1, 0.15) is 17.5 Å². The minimum absolute atomic E-state index is 0.0241. The van der Waals surface area contributed by atoms with Crippen molar-refractivity contribution in [3.63, 3.8) is 0 Å². The highest BCUT2D eigenvalue weighted by atomic mass is 79.9. The molecule has 1 aromatic rings. The molecule has 0 aliphatic carbocycles. The molecule has 0 aromatic heterocycles. The lowest BCUT2D eigenvalue weighted by molar-refractivity contribution is -0.141. The lowest BCUT2D eigenvalue weighted by atomic mass is 10.1. The summed E-state index contributed by atoms with van der Waals surface area (Å²) in [5.74, 6) is -1.93. The Morgan fingerprint density at radius 1 is 1.36 bits per heavy atom. The number of carboxylic acids is 1. The van der Waals surface area contributed by atoms with Crippen molar-refractivity contribution in [2.75, 3.05) is 0 Å². The van der Waals surface area contributed by atoms with E-state index < -0.39 is 29.7 Å². The average Bonchev–Trinajstić information content (AvgIpc) is 2.36. The van der Waals surface area contributed by atoms with Gasteiger partial charge in [-0.2, -0.15) is 13.2 Å². The first-order valence-electron chi connectivity index (χ1n) is 6.11. The Labute approximate surface area is 133 Å². The number of alkyl halides is 3. The van der Waals surface area contributed by atoms with Crippen molar-refractivity contribution in [3.8, 4) is 0 Å². The number of carbonyl (C=O) groups is 2. The third kappa shape index (κ3) is 5.88. The normalized spacial score (nSPS) is 12.5. The Morgan fingerprint density at radius 3 is 2.50 bits per heavy atom. The largest absolute Gasteiger partial charge is 0.480 e. The van der Waals surface area contributed by atoms with Gasteiger partial charge in [0.05, 0.1) is 12.0 Å². The second kappa shape index (κ2) is 7.44. The van der Waals surface area contributed by atoms with E-state index in [1.54, 1.807) is 0 Å². The molecule has 0 bridgehead atoms. The standard InChI is InChI=1S/C14H13BrF3NO3/c1-8(15)5-11(13(21)22)19-12(20)7-9-3-2-4-10(6-9)14(16,17)18/h2-4,6,11H,1,5,7H2,(H,19,20)(H,21,22)/t11-/m0/s1. The summed E-state index contributed by atoms with van der Waals surface area (Å²) in [6.45, 7) is 3.48. The topological polar surface area (TPSA) is 66.4 Å². The molecule has 0 saturated carbocycles. The van der Waals surface area contributed by atoms with E-state index in [0.717, 1.165) is 12.1 Å². The van der Waals surface area contributed by atoms with Crippen LogP contribution in [0.4, 0.5) is 13.2 Å². The summed E-state index contributed by atoms with van der Waals surface area (Å²) in [6.07, 6.45) is -4.87. The summed E-state index contributed by atoms with van der Waals surface area (Å²) >= 11 is 3.00. The Kier molecular flexibility index (Phi) is 6.16. The second-order valence-electron chi connectivity index (χ2n) is 4.55. The molecule has 1 atom stereocenters. The van der Waals surface area contributed by atoms with Gasteiger partial charge in [-0.25, -0.2) is 4.79 Å². The predicted molar refractivity (Wildman–Crippen MR) is 77.4 cm³/mol. The van der Waals surface area contributed by atoms with Crippen LogP contribution in [0.5, 0.6) is 0 Å². The molecule has 1 rings (SSSR count). The van der Waals surface area contributed by atoms with E-state index in [9.17, 15) is 22.8 Å². The molecule has 0 saturated heterocycles. The van der Waals surface area contributed by atoms with Gasteiger partial charge in [-0.1, -0.05) is 40.7 Å². The zero-order valence-electron chi connectivity index (χ0n) is 11.3. The van der Waals surface area contributed by atoms with Crippen molar-refractivity contribution in [3.05, 3.63) is 46.5 Å². The van der Waals surface area contributed by atoms with E-state index in [2.05, 4.69) is 27.8 Å². The number of carboxylic acid groups (broad SMARTS) is 1. The molecule has 0 unspecified atom stereocenters. The van der Waals surface area contributed by atoms with Gasteiger partial charge in [-0.05, 0) is 16.1 Å². The number of aliphatic carboxylic acids is 1. The quantitative estimate of drug-likeness (QED) is 0.797. The van der Waals surface area contributed by atoms with E-state index in [0.29, 0.717) is 4.48 Å². The van der Waals surface area contributed by atoms with Gasteiger partial charge >= 0.3 is 12.1 Å². The third-order valence-electron chi connectivity index (χ3n) is 2.68. The molecule has 0 spiro atoms. The van der Waals surface area contributed by atoms with Gasteiger partial charge < -0.3 is 10.4 Å². The average molecular weight is 380 g/mol. The van der Waals surface area contributed by atoms with Gasteiger partial charge in [0, 0.05) is 6.42 Å². The van der Waals surface area contributed by atoms with Gasteiger partial charge in [0.25, 0.3) is 0 Å². The number of hydrogen-bond acceptors (Lipinski definition) is 2. The number of rotatable bonds is 6. The van der Waals surface area contributed by atoms with Crippen LogP contribution in [0.3, 0.4) is 0 Å². The van der Waals surface area contributed by atoms with E-state index in [4.69, 9.17) is 5.11 Å². The van der Waals surface area contributed by atoms with Crippen LogP contribution in [0, 0.1) is 0 Å². The number of hydrogen-bond donors (Lipinski definition) is 2. The summed E-state index contributed by atoms with van der Waals surface area (Å²) in [5, 5.41) is 11.2. The molecule has 1 aromatic carbocycles. The molecule has 8 heteroatoms. The minimum Gasteiger partial charge on any atom is -0.480 e. The first-order valence-corrected chi connectivity index (χ1v) is 6.90. The van der Waals surface area contributed by atoms with E-state index in [1.165, 1.54) is 12.1 Å². The van der Waals surface area contributed by atoms with Gasteiger partial charge in [-0.3, -0.25) is 4.79 Å². The van der Waals surface area contributed by atoms with E-state index >= 15 is 0 Å². The summed E-state index contributed by atoms with van der Waals surface area (Å²) in [4.78, 5) is 22.8. The van der Waals surface area contributed by atoms with Crippen LogP contribution in [0.2, 0.25) is 0 Å². The Morgan fingerprint density at radius 2 is 2.00 bits per heavy atom. The third-order valence-corrected chi connectivity index (χ3v) is 3.00. The SMILES string of the molecule is C=C(Br)C[C@H](NC(=O)Cc1cccc(C(F)(F)F)c1)C(=O)O. The maximum Gasteiger partial charge on any atom is 0.416 e. The zero-order valence-corrected chi connectivity index (χ0v) is 12.9. The molecule has 120 valence electrons. The Hall–Kier alpha value is -1.83. The fourth-order valence-electron chi connectivity index (χ4n) is 1.71. The Balaban J connectivity index is 2.76. The maximum absolute atomic E-state index is 12.6. The fraction of sp³-hybridized carbons (Fsp3) is 0.286. The smallest absolute Gasteiger partial charge is 0.416 e. The fourth-order valence-corrected chi connectivity index (χ4v) is 2.03. The number of benzene rings is 1. The van der Waals surface area contributed by atoms with E-state index in [1.807, 2.05) is 0 Å². The highest BCUT2D eigenvalue weighted by Crippen LogP contribution is 2.29. The van der Waals surface area contributed by atoms with Gasteiger partial charge in [0.1, 0.15) is 6.04 Å². The highest BCUT2D eigenvalue weighted by Gasteiger charge is 2.30. The maximum atomic E-state index is 12.6. The van der Waals surface area contributed by atoms with Crippen molar-refractivity contribution >= 4 is 27.8 Å². The molecule has 0 aliphatic heterocycles. The van der Waals surface area contributed by atoms with Crippen molar-refractivity contribution in [1.29, 1.82) is 0 Å². The molecular formula is C14H13BrF3NO3. The first-order chi connectivity index (χ1) is 10.1. The summed E-state index contributed by atoms with van der Waals surface area (Å²) < 4.78 is 38.1. The van der Waals surface area contributed by atoms with Crippen LogP contribution >= 0.6 is 15.9 Å². The van der Waals surface area contributed by atoms with Gasteiger partial charge in [-0.15, -0.1) is 0 Å². The second-order valence-corrected chi connectivity index (χ2v) is 5.68. The molecule has 0 aliphatic rings. The zero-order chi connectivity index (χ0) is 16.9. The molecule has 0 radical (unpaired) electrons. The van der Waals surface area contributed by atoms with Crippen molar-refractivity contribution in [2.24, 2.45) is 0 Å². The number of nitrogens with one attached hydrogen (secondary N) is 1. The minimum atomic E-state index is -4.50.